The van der Waals surface area contributed by atoms with Crippen LogP contribution in [0.1, 0.15) is 34.2 Å². The Bertz CT molecular complexity index is 1220. The lowest BCUT2D eigenvalue weighted by molar-refractivity contribution is -0.116. The molecular formula is C23H18ClF2N3O. The van der Waals surface area contributed by atoms with Crippen molar-refractivity contribution in [2.24, 2.45) is 0 Å². The number of carbonyl (C=O) groups is 1. The first kappa shape index (κ1) is 20.2. The number of anilines is 1. The number of aromatic nitrogens is 1. The summed E-state index contributed by atoms with van der Waals surface area (Å²) < 4.78 is 29.6. The molecule has 1 amide bonds. The Morgan fingerprint density at radius 1 is 1.23 bits per heavy atom. The van der Waals surface area contributed by atoms with Crippen molar-refractivity contribution in [1.82, 2.24) is 4.98 Å². The third-order valence-corrected chi connectivity index (χ3v) is 5.89. The summed E-state index contributed by atoms with van der Waals surface area (Å²) in [7, 11) is 0. The van der Waals surface area contributed by atoms with E-state index >= 15 is 0 Å². The molecule has 1 aromatic heterocycles. The van der Waals surface area contributed by atoms with E-state index in [1.165, 1.54) is 4.90 Å². The molecule has 7 heteroatoms. The molecular weight excluding hydrogens is 408 g/mol. The fourth-order valence-corrected chi connectivity index (χ4v) is 4.25. The SMILES string of the molecule is Cc1c(CN(C(=O)CCl)c2nc3ccccc3cc2C#N)c(F)c(F)c2c1CCC2. The molecule has 0 atom stereocenters. The first-order valence-corrected chi connectivity index (χ1v) is 10.1. The molecule has 1 aliphatic rings. The number of halogens is 3. The lowest BCUT2D eigenvalue weighted by atomic mass is 9.97. The van der Waals surface area contributed by atoms with Crippen LogP contribution in [0.2, 0.25) is 0 Å². The van der Waals surface area contributed by atoms with Gasteiger partial charge in [-0.2, -0.15) is 5.26 Å². The molecule has 0 spiro atoms. The van der Waals surface area contributed by atoms with Crippen molar-refractivity contribution in [2.45, 2.75) is 32.7 Å². The second-order valence-electron chi connectivity index (χ2n) is 7.32. The van der Waals surface area contributed by atoms with Gasteiger partial charge < -0.3 is 0 Å². The Kier molecular flexibility index (Phi) is 5.40. The first-order chi connectivity index (χ1) is 14.5. The Labute approximate surface area is 177 Å². The van der Waals surface area contributed by atoms with Crippen LogP contribution in [0.25, 0.3) is 10.9 Å². The predicted octanol–water partition coefficient (Wildman–Crippen LogP) is 4.95. The van der Waals surface area contributed by atoms with Gasteiger partial charge in [-0.3, -0.25) is 9.69 Å². The van der Waals surface area contributed by atoms with Gasteiger partial charge in [0, 0.05) is 10.9 Å². The molecule has 1 heterocycles. The molecule has 0 saturated heterocycles. The highest BCUT2D eigenvalue weighted by Crippen LogP contribution is 2.34. The summed E-state index contributed by atoms with van der Waals surface area (Å²) in [5, 5.41) is 10.4. The number of nitriles is 1. The van der Waals surface area contributed by atoms with Gasteiger partial charge in [0.1, 0.15) is 11.9 Å². The zero-order valence-corrected chi connectivity index (χ0v) is 17.1. The van der Waals surface area contributed by atoms with Gasteiger partial charge in [0.05, 0.1) is 17.6 Å². The number of benzene rings is 2. The van der Waals surface area contributed by atoms with Crippen molar-refractivity contribution in [2.75, 3.05) is 10.8 Å². The molecule has 1 aliphatic carbocycles. The lowest BCUT2D eigenvalue weighted by Crippen LogP contribution is -2.34. The summed E-state index contributed by atoms with van der Waals surface area (Å²) in [4.78, 5) is 18.3. The smallest absolute Gasteiger partial charge is 0.243 e. The fraction of sp³-hybridized carbons (Fsp3) is 0.261. The number of rotatable bonds is 4. The number of fused-ring (bicyclic) bond motifs is 2. The average Bonchev–Trinajstić information content (AvgIpc) is 3.27. The van der Waals surface area contributed by atoms with E-state index < -0.39 is 17.5 Å². The third kappa shape index (κ3) is 3.29. The summed E-state index contributed by atoms with van der Waals surface area (Å²) in [5.41, 5.74) is 2.68. The van der Waals surface area contributed by atoms with Gasteiger partial charge in [0.25, 0.3) is 0 Å². The zero-order valence-electron chi connectivity index (χ0n) is 16.3. The van der Waals surface area contributed by atoms with Gasteiger partial charge in [-0.1, -0.05) is 18.2 Å². The van der Waals surface area contributed by atoms with E-state index in [1.54, 1.807) is 31.2 Å². The van der Waals surface area contributed by atoms with Crippen LogP contribution >= 0.6 is 11.6 Å². The molecule has 0 bridgehead atoms. The molecule has 0 aliphatic heterocycles. The second kappa shape index (κ2) is 8.00. The maximum atomic E-state index is 15.0. The summed E-state index contributed by atoms with van der Waals surface area (Å²) in [6.07, 6.45) is 1.95. The average molecular weight is 426 g/mol. The molecule has 4 rings (SSSR count). The van der Waals surface area contributed by atoms with E-state index in [0.29, 0.717) is 29.5 Å². The van der Waals surface area contributed by atoms with Crippen LogP contribution in [-0.4, -0.2) is 16.8 Å². The van der Waals surface area contributed by atoms with Crippen LogP contribution < -0.4 is 4.90 Å². The summed E-state index contributed by atoms with van der Waals surface area (Å²) in [6, 6.07) is 10.8. The molecule has 0 saturated carbocycles. The van der Waals surface area contributed by atoms with E-state index in [0.717, 1.165) is 17.4 Å². The number of carbonyl (C=O) groups excluding carboxylic acids is 1. The van der Waals surface area contributed by atoms with Gasteiger partial charge in [-0.05, 0) is 55.0 Å². The van der Waals surface area contributed by atoms with Crippen LogP contribution in [0.3, 0.4) is 0 Å². The minimum Gasteiger partial charge on any atom is -0.290 e. The molecule has 2 aromatic carbocycles. The lowest BCUT2D eigenvalue weighted by Gasteiger charge is -2.24. The number of para-hydroxylation sites is 1. The largest absolute Gasteiger partial charge is 0.290 e. The Hall–Kier alpha value is -3.04. The summed E-state index contributed by atoms with van der Waals surface area (Å²) >= 11 is 5.81. The first-order valence-electron chi connectivity index (χ1n) is 9.60. The second-order valence-corrected chi connectivity index (χ2v) is 7.59. The van der Waals surface area contributed by atoms with E-state index in [2.05, 4.69) is 4.98 Å². The van der Waals surface area contributed by atoms with Crippen molar-refractivity contribution in [3.05, 3.63) is 69.8 Å². The molecule has 30 heavy (non-hydrogen) atoms. The van der Waals surface area contributed by atoms with Crippen LogP contribution in [-0.2, 0) is 24.2 Å². The van der Waals surface area contributed by atoms with Gasteiger partial charge in [-0.25, -0.2) is 13.8 Å². The van der Waals surface area contributed by atoms with Gasteiger partial charge >= 0.3 is 0 Å². The fourth-order valence-electron chi connectivity index (χ4n) is 4.10. The summed E-state index contributed by atoms with van der Waals surface area (Å²) in [6.45, 7) is 1.48. The maximum Gasteiger partial charge on any atom is 0.243 e. The monoisotopic (exact) mass is 425 g/mol. The highest BCUT2D eigenvalue weighted by atomic mass is 35.5. The van der Waals surface area contributed by atoms with Crippen molar-refractivity contribution in [3.63, 3.8) is 0 Å². The molecule has 0 N–H and O–H groups in total. The molecule has 0 unspecified atom stereocenters. The topological polar surface area (TPSA) is 57.0 Å². The van der Waals surface area contributed by atoms with Crippen molar-refractivity contribution < 1.29 is 13.6 Å². The Morgan fingerprint density at radius 2 is 1.97 bits per heavy atom. The molecule has 0 radical (unpaired) electrons. The maximum absolute atomic E-state index is 15.0. The van der Waals surface area contributed by atoms with E-state index in [-0.39, 0.29) is 29.4 Å². The number of pyridine rings is 1. The normalized spacial score (nSPS) is 12.6. The quantitative estimate of drug-likeness (QED) is 0.555. The van der Waals surface area contributed by atoms with E-state index in [9.17, 15) is 18.8 Å². The highest BCUT2D eigenvalue weighted by molar-refractivity contribution is 6.29. The van der Waals surface area contributed by atoms with Gasteiger partial charge in [0.15, 0.2) is 17.5 Å². The minimum atomic E-state index is -0.959. The number of nitrogens with zero attached hydrogens (tertiary/aromatic N) is 3. The molecule has 0 fully saturated rings. The predicted molar refractivity (Wildman–Crippen MR) is 111 cm³/mol. The molecule has 4 nitrogen and oxygen atoms in total. The number of hydrogen-bond acceptors (Lipinski definition) is 3. The highest BCUT2D eigenvalue weighted by Gasteiger charge is 2.29. The Balaban J connectivity index is 1.87. The van der Waals surface area contributed by atoms with Crippen LogP contribution in [0.4, 0.5) is 14.6 Å². The van der Waals surface area contributed by atoms with Gasteiger partial charge in [0.2, 0.25) is 5.91 Å². The number of amides is 1. The van der Waals surface area contributed by atoms with E-state index in [4.69, 9.17) is 11.6 Å². The van der Waals surface area contributed by atoms with Crippen LogP contribution in [0.15, 0.2) is 30.3 Å². The van der Waals surface area contributed by atoms with Gasteiger partial charge in [-0.15, -0.1) is 11.6 Å². The van der Waals surface area contributed by atoms with Crippen LogP contribution in [0.5, 0.6) is 0 Å². The van der Waals surface area contributed by atoms with E-state index in [1.807, 2.05) is 12.1 Å². The molecule has 152 valence electrons. The standard InChI is InChI=1S/C23H18ClF2N3O/c1-13-16-6-4-7-17(16)21(25)22(26)18(13)12-29(20(30)10-24)23-15(11-27)9-14-5-2-3-8-19(14)28-23/h2-3,5,8-9H,4,6-7,10,12H2,1H3. The van der Waals surface area contributed by atoms with Crippen molar-refractivity contribution in [1.29, 1.82) is 5.26 Å². The zero-order chi connectivity index (χ0) is 21.4. The third-order valence-electron chi connectivity index (χ3n) is 5.66. The molecule has 3 aromatic rings. The number of alkyl halides is 1. The summed E-state index contributed by atoms with van der Waals surface area (Å²) in [5.74, 6) is -2.65. The minimum absolute atomic E-state index is 0.0848. The van der Waals surface area contributed by atoms with Crippen molar-refractivity contribution >= 4 is 34.2 Å². The number of hydrogen-bond donors (Lipinski definition) is 0. The van der Waals surface area contributed by atoms with Crippen molar-refractivity contribution in [3.8, 4) is 6.07 Å². The Morgan fingerprint density at radius 3 is 2.70 bits per heavy atom. The van der Waals surface area contributed by atoms with Crippen LogP contribution in [0, 0.1) is 29.9 Å².